The first-order valence-electron chi connectivity index (χ1n) is 11.7. The van der Waals surface area contributed by atoms with Crippen LogP contribution >= 0.6 is 11.3 Å². The van der Waals surface area contributed by atoms with Crippen molar-refractivity contribution in [3.8, 4) is 17.0 Å². The molecule has 1 atom stereocenters. The van der Waals surface area contributed by atoms with Crippen LogP contribution in [0, 0.1) is 13.8 Å². The number of halogens is 3. The number of piperazine rings is 1. The van der Waals surface area contributed by atoms with Gasteiger partial charge in [0.25, 0.3) is 0 Å². The Morgan fingerprint density at radius 1 is 1.17 bits per heavy atom. The Bertz CT molecular complexity index is 1220. The lowest BCUT2D eigenvalue weighted by Crippen LogP contribution is -2.54. The monoisotopic (exact) mass is 522 g/mol. The van der Waals surface area contributed by atoms with Gasteiger partial charge in [-0.2, -0.15) is 18.3 Å². The largest absolute Gasteiger partial charge is 0.491 e. The van der Waals surface area contributed by atoms with E-state index in [1.807, 2.05) is 25.7 Å². The Labute approximate surface area is 211 Å². The standard InChI is InChI=1S/C24H29F3N6O2S/c1-14(2)35-19-8-6-18(7-9-19)21-22(36-23(29-21)24(25,26)27)31-10-11-32(15(3)12-31)20(34)13-33-17(5)28-16(4)30-33/h6-9,14-15H,10-13H2,1-5H3. The molecular weight excluding hydrogens is 493 g/mol. The molecule has 12 heteroatoms. The molecule has 0 N–H and O–H groups in total. The van der Waals surface area contributed by atoms with Gasteiger partial charge in [-0.05, 0) is 58.9 Å². The Hall–Kier alpha value is -3.15. The maximum Gasteiger partial charge on any atom is 0.443 e. The minimum Gasteiger partial charge on any atom is -0.491 e. The molecule has 0 bridgehead atoms. The highest BCUT2D eigenvalue weighted by molar-refractivity contribution is 7.16. The van der Waals surface area contributed by atoms with Crippen molar-refractivity contribution in [2.75, 3.05) is 24.5 Å². The fraction of sp³-hybridized carbons (Fsp3) is 0.500. The van der Waals surface area contributed by atoms with Crippen molar-refractivity contribution in [2.45, 2.75) is 59.5 Å². The zero-order valence-electron chi connectivity index (χ0n) is 20.8. The second kappa shape index (κ2) is 10.1. The van der Waals surface area contributed by atoms with Gasteiger partial charge in [-0.15, -0.1) is 0 Å². The summed E-state index contributed by atoms with van der Waals surface area (Å²) >= 11 is 0.634. The number of aromatic nitrogens is 4. The molecule has 0 radical (unpaired) electrons. The van der Waals surface area contributed by atoms with Gasteiger partial charge in [-0.1, -0.05) is 11.3 Å². The van der Waals surface area contributed by atoms with E-state index >= 15 is 0 Å². The van der Waals surface area contributed by atoms with Crippen LogP contribution in [0.1, 0.15) is 37.4 Å². The fourth-order valence-electron chi connectivity index (χ4n) is 4.24. The average Bonchev–Trinajstić information content (AvgIpc) is 3.37. The van der Waals surface area contributed by atoms with Crippen LogP contribution in [0.4, 0.5) is 18.2 Å². The number of nitrogens with zero attached hydrogens (tertiary/aromatic N) is 6. The van der Waals surface area contributed by atoms with Gasteiger partial charge in [0.05, 0.1) is 6.10 Å². The van der Waals surface area contributed by atoms with Crippen LogP contribution in [0.15, 0.2) is 24.3 Å². The minimum absolute atomic E-state index is 0.0134. The number of rotatable bonds is 6. The molecule has 4 rings (SSSR count). The lowest BCUT2D eigenvalue weighted by Gasteiger charge is -2.40. The quantitative estimate of drug-likeness (QED) is 0.473. The summed E-state index contributed by atoms with van der Waals surface area (Å²) in [5.41, 5.74) is 0.861. The molecule has 1 fully saturated rings. The van der Waals surface area contributed by atoms with Crippen molar-refractivity contribution < 1.29 is 22.7 Å². The highest BCUT2D eigenvalue weighted by atomic mass is 32.1. The number of alkyl halides is 3. The predicted octanol–water partition coefficient (Wildman–Crippen LogP) is 4.56. The van der Waals surface area contributed by atoms with Gasteiger partial charge in [0, 0.05) is 31.2 Å². The molecule has 8 nitrogen and oxygen atoms in total. The summed E-state index contributed by atoms with van der Waals surface area (Å²) in [6.07, 6.45) is -4.56. The molecule has 1 aliphatic heterocycles. The molecule has 1 aromatic carbocycles. The Balaban J connectivity index is 1.55. The summed E-state index contributed by atoms with van der Waals surface area (Å²) in [7, 11) is 0. The number of carbonyl (C=O) groups excluding carboxylic acids is 1. The number of amides is 1. The van der Waals surface area contributed by atoms with Crippen LogP contribution < -0.4 is 9.64 Å². The average molecular weight is 523 g/mol. The van der Waals surface area contributed by atoms with Crippen molar-refractivity contribution in [2.24, 2.45) is 0 Å². The van der Waals surface area contributed by atoms with Crippen LogP contribution in [0.3, 0.4) is 0 Å². The van der Waals surface area contributed by atoms with E-state index < -0.39 is 11.2 Å². The molecular formula is C24H29F3N6O2S. The molecule has 1 saturated heterocycles. The van der Waals surface area contributed by atoms with Gasteiger partial charge in [0.1, 0.15) is 34.6 Å². The zero-order chi connectivity index (χ0) is 26.2. The third-order valence-corrected chi connectivity index (χ3v) is 6.99. The van der Waals surface area contributed by atoms with Crippen molar-refractivity contribution in [1.29, 1.82) is 0 Å². The second-order valence-corrected chi connectivity index (χ2v) is 10.1. The Morgan fingerprint density at radius 3 is 2.42 bits per heavy atom. The van der Waals surface area contributed by atoms with E-state index in [0.717, 1.165) is 0 Å². The molecule has 2 aromatic heterocycles. The first-order chi connectivity index (χ1) is 16.9. The van der Waals surface area contributed by atoms with Gasteiger partial charge in [0.15, 0.2) is 0 Å². The van der Waals surface area contributed by atoms with E-state index in [9.17, 15) is 18.0 Å². The molecule has 0 saturated carbocycles. The van der Waals surface area contributed by atoms with Gasteiger partial charge >= 0.3 is 6.18 Å². The zero-order valence-corrected chi connectivity index (χ0v) is 21.7. The number of thiazole rings is 1. The van der Waals surface area contributed by atoms with Gasteiger partial charge in [-0.3, -0.25) is 4.79 Å². The number of hydrogen-bond donors (Lipinski definition) is 0. The highest BCUT2D eigenvalue weighted by Crippen LogP contribution is 2.43. The van der Waals surface area contributed by atoms with Crippen molar-refractivity contribution in [3.63, 3.8) is 0 Å². The Morgan fingerprint density at radius 2 is 1.86 bits per heavy atom. The van der Waals surface area contributed by atoms with Gasteiger partial charge < -0.3 is 14.5 Å². The summed E-state index contributed by atoms with van der Waals surface area (Å²) in [5.74, 6) is 1.79. The van der Waals surface area contributed by atoms with Gasteiger partial charge in [-0.25, -0.2) is 14.6 Å². The van der Waals surface area contributed by atoms with Crippen LogP contribution in [0.25, 0.3) is 11.3 Å². The SMILES string of the molecule is Cc1nc(C)n(CC(=O)N2CCN(c3sc(C(F)(F)F)nc3-c3ccc(OC(C)C)cc3)CC2C)n1. The van der Waals surface area contributed by atoms with Crippen molar-refractivity contribution in [1.82, 2.24) is 24.6 Å². The number of aryl methyl sites for hydroxylation is 2. The third kappa shape index (κ3) is 5.63. The van der Waals surface area contributed by atoms with E-state index in [0.29, 0.717) is 58.9 Å². The van der Waals surface area contributed by atoms with E-state index in [-0.39, 0.29) is 30.3 Å². The first kappa shape index (κ1) is 25.9. The number of anilines is 1. The number of ether oxygens (including phenoxy) is 1. The topological polar surface area (TPSA) is 76.4 Å². The van der Waals surface area contributed by atoms with Crippen molar-refractivity contribution in [3.05, 3.63) is 40.9 Å². The molecule has 3 heterocycles. The molecule has 36 heavy (non-hydrogen) atoms. The normalized spacial score (nSPS) is 16.6. The summed E-state index contributed by atoms with van der Waals surface area (Å²) in [6.45, 7) is 10.5. The van der Waals surface area contributed by atoms with Crippen LogP contribution in [-0.4, -0.2) is 62.3 Å². The third-order valence-electron chi connectivity index (χ3n) is 5.83. The maximum absolute atomic E-state index is 13.6. The molecule has 1 amide bonds. The van der Waals surface area contributed by atoms with Crippen LogP contribution in [0.5, 0.6) is 5.75 Å². The minimum atomic E-state index is -4.55. The van der Waals surface area contributed by atoms with E-state index in [1.54, 1.807) is 47.7 Å². The second-order valence-electron chi connectivity index (χ2n) is 9.11. The lowest BCUT2D eigenvalue weighted by molar-refractivity contribution is -0.137. The molecule has 3 aromatic rings. The Kier molecular flexibility index (Phi) is 7.26. The number of benzene rings is 1. The van der Waals surface area contributed by atoms with Crippen LogP contribution in [0.2, 0.25) is 0 Å². The van der Waals surface area contributed by atoms with Crippen molar-refractivity contribution >= 4 is 22.2 Å². The lowest BCUT2D eigenvalue weighted by atomic mass is 10.1. The van der Waals surface area contributed by atoms with E-state index in [2.05, 4.69) is 15.1 Å². The summed E-state index contributed by atoms with van der Waals surface area (Å²) < 4.78 is 48.0. The molecule has 194 valence electrons. The van der Waals surface area contributed by atoms with E-state index in [1.165, 1.54) is 0 Å². The first-order valence-corrected chi connectivity index (χ1v) is 12.5. The van der Waals surface area contributed by atoms with Crippen LogP contribution in [-0.2, 0) is 17.5 Å². The molecule has 1 aliphatic rings. The maximum atomic E-state index is 13.6. The van der Waals surface area contributed by atoms with E-state index in [4.69, 9.17) is 4.74 Å². The van der Waals surface area contributed by atoms with Gasteiger partial charge in [0.2, 0.25) is 10.9 Å². The number of hydrogen-bond acceptors (Lipinski definition) is 7. The molecule has 0 spiro atoms. The predicted molar refractivity (Wildman–Crippen MR) is 131 cm³/mol. The fourth-order valence-corrected chi connectivity index (χ4v) is 5.23. The highest BCUT2D eigenvalue weighted by Gasteiger charge is 2.38. The molecule has 1 unspecified atom stereocenters. The summed E-state index contributed by atoms with van der Waals surface area (Å²) in [5, 5.41) is 3.81. The molecule has 0 aliphatic carbocycles. The number of carbonyl (C=O) groups is 1. The summed E-state index contributed by atoms with van der Waals surface area (Å²) in [6, 6.07) is 6.71. The smallest absolute Gasteiger partial charge is 0.443 e. The summed E-state index contributed by atoms with van der Waals surface area (Å²) in [4.78, 5) is 24.8.